The molecule has 0 aromatic carbocycles. The van der Waals surface area contributed by atoms with Crippen molar-refractivity contribution in [3.63, 3.8) is 0 Å². The average molecular weight is 196 g/mol. The summed E-state index contributed by atoms with van der Waals surface area (Å²) in [4.78, 5) is 0. The third-order valence-corrected chi connectivity index (χ3v) is 4.63. The molecule has 0 fully saturated rings. The lowest BCUT2D eigenvalue weighted by molar-refractivity contribution is 0.746. The zero-order chi connectivity index (χ0) is 9.12. The first-order chi connectivity index (χ1) is 4.71. The third-order valence-electron chi connectivity index (χ3n) is 1.54. The SMILES string of the molecule is C[Si](C)(F)CCC[Si](C)(C)F. The molecule has 0 unspecified atom stereocenters. The molecule has 0 spiro atoms. The van der Waals surface area contributed by atoms with Gasteiger partial charge in [-0.1, -0.05) is 6.42 Å². The van der Waals surface area contributed by atoms with E-state index >= 15 is 0 Å². The highest BCUT2D eigenvalue weighted by molar-refractivity contribution is 6.72. The summed E-state index contributed by atoms with van der Waals surface area (Å²) in [6, 6.07) is 1.24. The van der Waals surface area contributed by atoms with E-state index in [2.05, 4.69) is 0 Å². The molecular formula is C7H18F2Si2. The van der Waals surface area contributed by atoms with E-state index in [4.69, 9.17) is 0 Å². The van der Waals surface area contributed by atoms with Gasteiger partial charge in [0.2, 0.25) is 16.8 Å². The molecule has 0 rings (SSSR count). The van der Waals surface area contributed by atoms with Crippen LogP contribution in [0.1, 0.15) is 6.42 Å². The first kappa shape index (κ1) is 11.3. The molecule has 0 radical (unpaired) electrons. The number of halogens is 2. The van der Waals surface area contributed by atoms with E-state index in [0.29, 0.717) is 12.1 Å². The van der Waals surface area contributed by atoms with E-state index in [1.54, 1.807) is 26.2 Å². The fourth-order valence-electron chi connectivity index (χ4n) is 0.929. The minimum Gasteiger partial charge on any atom is -0.314 e. The predicted molar refractivity (Wildman–Crippen MR) is 51.4 cm³/mol. The molecule has 0 bridgehead atoms. The summed E-state index contributed by atoms with van der Waals surface area (Å²) >= 11 is 0. The van der Waals surface area contributed by atoms with Gasteiger partial charge in [0.15, 0.2) is 0 Å². The molecule has 0 atom stereocenters. The summed E-state index contributed by atoms with van der Waals surface area (Å²) in [5.74, 6) is 0. The molecule has 0 nitrogen and oxygen atoms in total. The summed E-state index contributed by atoms with van der Waals surface area (Å²) in [5, 5.41) is 0. The van der Waals surface area contributed by atoms with Crippen LogP contribution in [0.15, 0.2) is 0 Å². The van der Waals surface area contributed by atoms with Gasteiger partial charge in [0, 0.05) is 0 Å². The van der Waals surface area contributed by atoms with Gasteiger partial charge in [-0.05, 0) is 38.3 Å². The Morgan fingerprint density at radius 3 is 1.27 bits per heavy atom. The molecule has 0 aliphatic heterocycles. The normalized spacial score (nSPS) is 13.6. The summed E-state index contributed by atoms with van der Waals surface area (Å²) in [5.41, 5.74) is 0. The predicted octanol–water partition coefficient (Wildman–Crippen LogP) is 3.73. The van der Waals surface area contributed by atoms with Crippen LogP contribution in [0, 0.1) is 0 Å². The van der Waals surface area contributed by atoms with Crippen LogP contribution in [0.2, 0.25) is 38.3 Å². The Bertz CT molecular complexity index is 98.6. The fourth-order valence-corrected chi connectivity index (χ4v) is 3.32. The van der Waals surface area contributed by atoms with Crippen molar-refractivity contribution >= 4 is 16.8 Å². The van der Waals surface area contributed by atoms with Crippen molar-refractivity contribution in [3.05, 3.63) is 0 Å². The molecule has 0 saturated heterocycles. The molecule has 68 valence electrons. The summed E-state index contributed by atoms with van der Waals surface area (Å²) in [6.45, 7) is 6.72. The van der Waals surface area contributed by atoms with Gasteiger partial charge in [-0.3, -0.25) is 0 Å². The highest BCUT2D eigenvalue weighted by Crippen LogP contribution is 2.20. The van der Waals surface area contributed by atoms with Crippen molar-refractivity contribution in [2.75, 3.05) is 0 Å². The first-order valence-electron chi connectivity index (χ1n) is 4.09. The largest absolute Gasteiger partial charge is 0.314 e. The number of hydrogen-bond acceptors (Lipinski definition) is 0. The van der Waals surface area contributed by atoms with Crippen molar-refractivity contribution < 1.29 is 8.22 Å². The van der Waals surface area contributed by atoms with Gasteiger partial charge in [-0.15, -0.1) is 0 Å². The molecule has 0 N–H and O–H groups in total. The van der Waals surface area contributed by atoms with Crippen molar-refractivity contribution in [2.45, 2.75) is 44.7 Å². The van der Waals surface area contributed by atoms with Crippen molar-refractivity contribution in [1.29, 1.82) is 0 Å². The molecule has 0 saturated carbocycles. The lowest BCUT2D eigenvalue weighted by Crippen LogP contribution is -2.21. The molecule has 11 heavy (non-hydrogen) atoms. The van der Waals surface area contributed by atoms with E-state index in [-0.39, 0.29) is 0 Å². The second-order valence-electron chi connectivity index (χ2n) is 4.29. The van der Waals surface area contributed by atoms with E-state index in [9.17, 15) is 8.22 Å². The molecule has 0 aromatic heterocycles. The Hall–Kier alpha value is 0.294. The lowest BCUT2D eigenvalue weighted by atomic mass is 10.6. The molecule has 0 heterocycles. The van der Waals surface area contributed by atoms with Crippen LogP contribution in [0.25, 0.3) is 0 Å². The zero-order valence-electron chi connectivity index (χ0n) is 7.88. The van der Waals surface area contributed by atoms with Crippen molar-refractivity contribution in [3.8, 4) is 0 Å². The van der Waals surface area contributed by atoms with Gasteiger partial charge >= 0.3 is 0 Å². The Kier molecular flexibility index (Phi) is 3.90. The molecule has 0 aliphatic rings. The van der Waals surface area contributed by atoms with Gasteiger partial charge in [0.05, 0.1) is 0 Å². The van der Waals surface area contributed by atoms with Crippen molar-refractivity contribution in [2.24, 2.45) is 0 Å². The first-order valence-corrected chi connectivity index (χ1v) is 10.3. The zero-order valence-corrected chi connectivity index (χ0v) is 9.88. The lowest BCUT2D eigenvalue weighted by Gasteiger charge is -2.13. The Morgan fingerprint density at radius 1 is 0.818 bits per heavy atom. The molecule has 4 heteroatoms. The van der Waals surface area contributed by atoms with Gasteiger partial charge in [-0.25, -0.2) is 0 Å². The second-order valence-corrected chi connectivity index (χ2v) is 12.2. The third kappa shape index (κ3) is 10.3. The Balaban J connectivity index is 3.44. The van der Waals surface area contributed by atoms with E-state index in [1.807, 2.05) is 0 Å². The molecule has 0 amide bonds. The molecule has 0 aromatic rings. The number of rotatable bonds is 4. The van der Waals surface area contributed by atoms with Crippen LogP contribution in [-0.2, 0) is 0 Å². The quantitative estimate of drug-likeness (QED) is 0.475. The van der Waals surface area contributed by atoms with Crippen molar-refractivity contribution in [1.82, 2.24) is 0 Å². The minimum atomic E-state index is -2.40. The van der Waals surface area contributed by atoms with Gasteiger partial charge in [-0.2, -0.15) is 0 Å². The van der Waals surface area contributed by atoms with E-state index < -0.39 is 16.8 Å². The van der Waals surface area contributed by atoms with Crippen LogP contribution in [0.3, 0.4) is 0 Å². The highest BCUT2D eigenvalue weighted by atomic mass is 28.4. The van der Waals surface area contributed by atoms with Crippen LogP contribution in [0.5, 0.6) is 0 Å². The maximum absolute atomic E-state index is 13.0. The molecule has 0 aliphatic carbocycles. The van der Waals surface area contributed by atoms with Gasteiger partial charge in [0.1, 0.15) is 0 Å². The van der Waals surface area contributed by atoms with Crippen LogP contribution in [0.4, 0.5) is 8.22 Å². The monoisotopic (exact) mass is 196 g/mol. The highest BCUT2D eigenvalue weighted by Gasteiger charge is 2.24. The maximum Gasteiger partial charge on any atom is 0.240 e. The summed E-state index contributed by atoms with van der Waals surface area (Å²) in [6.07, 6.45) is 0.742. The Morgan fingerprint density at radius 2 is 1.09 bits per heavy atom. The van der Waals surface area contributed by atoms with Crippen LogP contribution < -0.4 is 0 Å². The molecular weight excluding hydrogens is 178 g/mol. The Labute approximate surface area is 70.4 Å². The smallest absolute Gasteiger partial charge is 0.240 e. The topological polar surface area (TPSA) is 0 Å². The maximum atomic E-state index is 13.0. The standard InChI is InChI=1S/C7H18F2Si2/c1-10(2,8)6-5-7-11(3,4)9/h5-7H2,1-4H3. The average Bonchev–Trinajstić information content (AvgIpc) is 1.55. The fraction of sp³-hybridized carbons (Fsp3) is 1.00. The van der Waals surface area contributed by atoms with Gasteiger partial charge in [0.25, 0.3) is 0 Å². The van der Waals surface area contributed by atoms with E-state index in [0.717, 1.165) is 6.42 Å². The van der Waals surface area contributed by atoms with Crippen LogP contribution >= 0.6 is 0 Å². The van der Waals surface area contributed by atoms with Gasteiger partial charge < -0.3 is 8.22 Å². The summed E-state index contributed by atoms with van der Waals surface area (Å²) < 4.78 is 26.0. The van der Waals surface area contributed by atoms with E-state index in [1.165, 1.54) is 0 Å². The second kappa shape index (κ2) is 3.80. The van der Waals surface area contributed by atoms with Crippen LogP contribution in [-0.4, -0.2) is 16.8 Å². The summed E-state index contributed by atoms with van der Waals surface area (Å²) in [7, 11) is -4.80. The number of hydrogen-bond donors (Lipinski definition) is 0. The minimum absolute atomic E-state index is 0.618.